The maximum Gasteiger partial charge on any atom is 0.159 e. The van der Waals surface area contributed by atoms with Crippen molar-refractivity contribution in [3.05, 3.63) is 140 Å². The van der Waals surface area contributed by atoms with Gasteiger partial charge in [-0.15, -0.1) is 0 Å². The maximum absolute atomic E-state index is 8.78. The van der Waals surface area contributed by atoms with Crippen LogP contribution in [0.3, 0.4) is 0 Å². The number of hydrogen-bond donors (Lipinski definition) is 0. The Balaban J connectivity index is 1.57. The second-order valence-electron chi connectivity index (χ2n) is 8.79. The Bertz CT molecular complexity index is 2080. The first kappa shape index (κ1) is 18.1. The molecule has 0 saturated heterocycles. The van der Waals surface area contributed by atoms with Crippen LogP contribution in [0.1, 0.15) is 5.48 Å². The summed E-state index contributed by atoms with van der Waals surface area (Å²) in [5.74, 6) is 0.590. The number of anilines is 3. The molecule has 0 aliphatic rings. The van der Waals surface area contributed by atoms with E-state index in [2.05, 4.69) is 0 Å². The van der Waals surface area contributed by atoms with Crippen molar-refractivity contribution < 1.29 is 9.90 Å². The second kappa shape index (κ2) is 9.34. The van der Waals surface area contributed by atoms with Crippen LogP contribution in [0.25, 0.3) is 44.6 Å². The fourth-order valence-corrected chi connectivity index (χ4v) is 4.76. The molecular formula is C34H23N3O. The average Bonchev–Trinajstić information content (AvgIpc) is 3.45. The van der Waals surface area contributed by atoms with Gasteiger partial charge in [0.05, 0.1) is 34.1 Å². The van der Waals surface area contributed by atoms with Gasteiger partial charge in [0.1, 0.15) is 11.2 Å². The Morgan fingerprint density at radius 3 is 2.08 bits per heavy atom. The van der Waals surface area contributed by atoms with Crippen molar-refractivity contribution in [1.82, 2.24) is 9.97 Å². The van der Waals surface area contributed by atoms with Crippen molar-refractivity contribution in [2.45, 2.75) is 0 Å². The first-order chi connectivity index (χ1) is 20.5. The van der Waals surface area contributed by atoms with Gasteiger partial charge in [-0.25, -0.2) is 9.97 Å². The lowest BCUT2D eigenvalue weighted by Gasteiger charge is -2.27. The topological polar surface area (TPSA) is 42.2 Å². The minimum absolute atomic E-state index is 0.121. The van der Waals surface area contributed by atoms with Gasteiger partial charge in [0, 0.05) is 22.2 Å². The van der Waals surface area contributed by atoms with Crippen LogP contribution in [0.4, 0.5) is 17.1 Å². The van der Waals surface area contributed by atoms with E-state index < -0.39 is 0 Å². The molecule has 0 N–H and O–H groups in total. The van der Waals surface area contributed by atoms with Crippen molar-refractivity contribution >= 4 is 39.0 Å². The highest BCUT2D eigenvalue weighted by Gasteiger charge is 2.23. The minimum Gasteiger partial charge on any atom is -0.456 e. The van der Waals surface area contributed by atoms with Crippen LogP contribution in [0.15, 0.2) is 144 Å². The Kier molecular flexibility index (Phi) is 4.45. The monoisotopic (exact) mass is 493 g/mol. The third-order valence-corrected chi connectivity index (χ3v) is 6.46. The van der Waals surface area contributed by atoms with E-state index in [9.17, 15) is 0 Å². The number of para-hydroxylation sites is 2. The molecule has 2 heterocycles. The molecule has 0 atom stereocenters. The maximum atomic E-state index is 8.78. The van der Waals surface area contributed by atoms with Gasteiger partial charge in [-0.3, -0.25) is 0 Å². The molecule has 0 unspecified atom stereocenters. The highest BCUT2D eigenvalue weighted by molar-refractivity contribution is 6.13. The van der Waals surface area contributed by atoms with Crippen LogP contribution in [-0.4, -0.2) is 9.97 Å². The number of hydrogen-bond acceptors (Lipinski definition) is 4. The summed E-state index contributed by atoms with van der Waals surface area (Å²) >= 11 is 0. The number of fused-ring (bicyclic) bond motifs is 3. The Labute approximate surface area is 226 Å². The highest BCUT2D eigenvalue weighted by Crippen LogP contribution is 2.45. The number of furan rings is 1. The average molecular weight is 494 g/mol. The van der Waals surface area contributed by atoms with Crippen molar-refractivity contribution in [1.29, 1.82) is 0 Å². The molecule has 0 aliphatic heterocycles. The highest BCUT2D eigenvalue weighted by atomic mass is 16.3. The van der Waals surface area contributed by atoms with Crippen LogP contribution in [0.2, 0.25) is 0 Å². The zero-order valence-corrected chi connectivity index (χ0v) is 20.2. The molecule has 0 saturated carbocycles. The van der Waals surface area contributed by atoms with Gasteiger partial charge in [-0.1, -0.05) is 103 Å². The molecule has 2 aromatic heterocycles. The summed E-state index contributed by atoms with van der Waals surface area (Å²) in [5, 5.41) is 0.908. The second-order valence-corrected chi connectivity index (χ2v) is 8.79. The molecule has 0 spiro atoms. The predicted octanol–water partition coefficient (Wildman–Crippen LogP) is 9.18. The zero-order chi connectivity index (χ0) is 28.8. The van der Waals surface area contributed by atoms with Crippen LogP contribution >= 0.6 is 0 Å². The third kappa shape index (κ3) is 3.80. The van der Waals surface area contributed by atoms with E-state index in [0.29, 0.717) is 39.2 Å². The van der Waals surface area contributed by atoms with Crippen molar-refractivity contribution in [3.63, 3.8) is 0 Å². The smallest absolute Gasteiger partial charge is 0.159 e. The lowest BCUT2D eigenvalue weighted by molar-refractivity contribution is 0.669. The molecule has 38 heavy (non-hydrogen) atoms. The lowest BCUT2D eigenvalue weighted by Crippen LogP contribution is -2.13. The van der Waals surface area contributed by atoms with Crippen LogP contribution in [-0.2, 0) is 0 Å². The van der Waals surface area contributed by atoms with Gasteiger partial charge in [0.15, 0.2) is 5.82 Å². The molecule has 0 bridgehead atoms. The van der Waals surface area contributed by atoms with Gasteiger partial charge >= 0.3 is 0 Å². The van der Waals surface area contributed by atoms with Crippen molar-refractivity contribution in [2.24, 2.45) is 0 Å². The molecule has 7 aromatic rings. The summed E-state index contributed by atoms with van der Waals surface area (Å²) in [7, 11) is 0. The molecule has 0 amide bonds. The summed E-state index contributed by atoms with van der Waals surface area (Å²) in [5.41, 5.74) is 5.29. The van der Waals surface area contributed by atoms with E-state index in [4.69, 9.17) is 19.9 Å². The largest absolute Gasteiger partial charge is 0.456 e. The molecule has 4 heteroatoms. The zero-order valence-electron chi connectivity index (χ0n) is 24.2. The first-order valence-corrected chi connectivity index (χ1v) is 12.3. The van der Waals surface area contributed by atoms with Gasteiger partial charge in [-0.05, 0) is 30.3 Å². The fraction of sp³-hybridized carbons (Fsp3) is 0. The summed E-state index contributed by atoms with van der Waals surface area (Å²) in [6.07, 6.45) is 1.81. The van der Waals surface area contributed by atoms with E-state index in [1.54, 1.807) is 12.3 Å². The molecule has 5 aromatic carbocycles. The number of aromatic nitrogens is 2. The molecule has 4 nitrogen and oxygen atoms in total. The Morgan fingerprint density at radius 1 is 0.632 bits per heavy atom. The lowest BCUT2D eigenvalue weighted by atomic mass is 10.1. The standard InChI is InChI=1S/C34H23N3O/c1-4-13-24(14-5-1)33-29(23-35-34(36-33)25-15-6-2-7-16-25)37(26-17-8-3-9-18-26)28-20-12-22-31-32(28)27-19-10-11-21-30(27)38-31/h1-23H/i10D,11D,19D,21D. The summed E-state index contributed by atoms with van der Waals surface area (Å²) in [6, 6.07) is 34.1. The molecule has 0 radical (unpaired) electrons. The fourth-order valence-electron chi connectivity index (χ4n) is 4.76. The first-order valence-electron chi connectivity index (χ1n) is 14.3. The SMILES string of the molecule is [2H]c1c([2H])c([2H])c2c(oc3cccc(N(c4ccccc4)c4cnc(-c5ccccc5)nc4-c4ccccc4)c32)c1[2H]. The van der Waals surface area contributed by atoms with E-state index >= 15 is 0 Å². The van der Waals surface area contributed by atoms with E-state index in [0.717, 1.165) is 16.8 Å². The van der Waals surface area contributed by atoms with Crippen LogP contribution in [0, 0.1) is 0 Å². The van der Waals surface area contributed by atoms with E-state index in [1.807, 2.05) is 108 Å². The van der Waals surface area contributed by atoms with E-state index in [-0.39, 0.29) is 29.8 Å². The summed E-state index contributed by atoms with van der Waals surface area (Å²) < 4.78 is 39.9. The van der Waals surface area contributed by atoms with Crippen molar-refractivity contribution in [2.75, 3.05) is 4.90 Å². The van der Waals surface area contributed by atoms with Crippen molar-refractivity contribution in [3.8, 4) is 22.6 Å². The van der Waals surface area contributed by atoms with Crippen LogP contribution in [0.5, 0.6) is 0 Å². The predicted molar refractivity (Wildman–Crippen MR) is 155 cm³/mol. The summed E-state index contributed by atoms with van der Waals surface area (Å²) in [6.45, 7) is 0. The molecule has 0 fully saturated rings. The molecule has 7 rings (SSSR count). The van der Waals surface area contributed by atoms with E-state index in [1.165, 1.54) is 0 Å². The Morgan fingerprint density at radius 2 is 1.32 bits per heavy atom. The third-order valence-electron chi connectivity index (χ3n) is 6.46. The summed E-state index contributed by atoms with van der Waals surface area (Å²) in [4.78, 5) is 11.9. The van der Waals surface area contributed by atoms with Crippen LogP contribution < -0.4 is 4.90 Å². The number of benzene rings is 5. The van der Waals surface area contributed by atoms with Gasteiger partial charge < -0.3 is 9.32 Å². The number of rotatable bonds is 5. The number of nitrogens with zero attached hydrogens (tertiary/aromatic N) is 3. The van der Waals surface area contributed by atoms with Gasteiger partial charge in [-0.2, -0.15) is 0 Å². The molecule has 0 aliphatic carbocycles. The van der Waals surface area contributed by atoms with Gasteiger partial charge in [0.2, 0.25) is 0 Å². The normalized spacial score (nSPS) is 12.6. The Hall–Kier alpha value is -5.22. The minimum atomic E-state index is -0.329. The molecular weight excluding hydrogens is 466 g/mol. The quantitative estimate of drug-likeness (QED) is 0.240. The van der Waals surface area contributed by atoms with Gasteiger partial charge in [0.25, 0.3) is 0 Å². The molecule has 180 valence electrons.